The lowest BCUT2D eigenvalue weighted by Crippen LogP contribution is -2.34. The number of nitrogens with zero attached hydrogens (tertiary/aromatic N) is 2. The third-order valence-electron chi connectivity index (χ3n) is 4.41. The zero-order valence-corrected chi connectivity index (χ0v) is 16.3. The second kappa shape index (κ2) is 8.37. The average molecular weight is 384 g/mol. The van der Waals surface area contributed by atoms with E-state index in [9.17, 15) is 4.79 Å². The summed E-state index contributed by atoms with van der Waals surface area (Å²) in [4.78, 5) is 14.6. The molecule has 5 nitrogen and oxygen atoms in total. The van der Waals surface area contributed by atoms with Gasteiger partial charge in [-0.05, 0) is 50.8 Å². The van der Waals surface area contributed by atoms with E-state index in [1.165, 1.54) is 5.56 Å². The van der Waals surface area contributed by atoms with E-state index >= 15 is 0 Å². The van der Waals surface area contributed by atoms with Crippen molar-refractivity contribution in [3.05, 3.63) is 76.4 Å². The molecule has 0 aliphatic carbocycles. The molecular weight excluding hydrogens is 362 g/mol. The molecule has 0 fully saturated rings. The minimum Gasteiger partial charge on any atom is -0.355 e. The van der Waals surface area contributed by atoms with Gasteiger partial charge in [-0.3, -0.25) is 4.79 Å². The molecule has 0 saturated heterocycles. The predicted octanol–water partition coefficient (Wildman–Crippen LogP) is 4.34. The molecule has 2 aromatic carbocycles. The molecule has 1 N–H and O–H groups in total. The summed E-state index contributed by atoms with van der Waals surface area (Å²) in [5.74, 6) is 0.262. The van der Waals surface area contributed by atoms with Crippen molar-refractivity contribution in [3.63, 3.8) is 0 Å². The zero-order valence-electron chi connectivity index (χ0n) is 15.6. The quantitative estimate of drug-likeness (QED) is 0.688. The Morgan fingerprint density at radius 1 is 1.15 bits per heavy atom. The lowest BCUT2D eigenvalue weighted by Gasteiger charge is -2.25. The molecular formula is C21H22ClN3O2. The fourth-order valence-electron chi connectivity index (χ4n) is 2.80. The molecule has 0 spiro atoms. The number of rotatable bonds is 6. The van der Waals surface area contributed by atoms with Gasteiger partial charge in [-0.2, -0.15) is 0 Å². The number of aryl methyl sites for hydroxylation is 1. The van der Waals surface area contributed by atoms with E-state index in [0.717, 1.165) is 11.1 Å². The molecule has 1 unspecified atom stereocenters. The highest BCUT2D eigenvalue weighted by Gasteiger charge is 2.18. The van der Waals surface area contributed by atoms with Gasteiger partial charge in [-0.1, -0.05) is 46.6 Å². The van der Waals surface area contributed by atoms with Gasteiger partial charge in [-0.25, -0.2) is 0 Å². The first-order chi connectivity index (χ1) is 12.9. The molecule has 1 heterocycles. The Kier molecular flexibility index (Phi) is 5.94. The van der Waals surface area contributed by atoms with Crippen molar-refractivity contribution in [2.45, 2.75) is 13.0 Å². The van der Waals surface area contributed by atoms with E-state index in [-0.39, 0.29) is 17.6 Å². The first-order valence-electron chi connectivity index (χ1n) is 8.68. The van der Waals surface area contributed by atoms with Gasteiger partial charge in [0.05, 0.1) is 6.04 Å². The topological polar surface area (TPSA) is 58.4 Å². The number of carbonyl (C=O) groups is 1. The molecule has 1 aromatic heterocycles. The van der Waals surface area contributed by atoms with Crippen LogP contribution in [0.3, 0.4) is 0 Å². The average Bonchev–Trinajstić information content (AvgIpc) is 3.14. The Labute approximate surface area is 163 Å². The van der Waals surface area contributed by atoms with Gasteiger partial charge in [0, 0.05) is 23.2 Å². The third-order valence-corrected chi connectivity index (χ3v) is 4.66. The van der Waals surface area contributed by atoms with Crippen molar-refractivity contribution < 1.29 is 9.32 Å². The van der Waals surface area contributed by atoms with Crippen LogP contribution in [0.2, 0.25) is 5.02 Å². The highest BCUT2D eigenvalue weighted by Crippen LogP contribution is 2.22. The van der Waals surface area contributed by atoms with Crippen LogP contribution in [0, 0.1) is 6.92 Å². The van der Waals surface area contributed by atoms with E-state index in [2.05, 4.69) is 46.6 Å². The van der Waals surface area contributed by atoms with Gasteiger partial charge in [-0.15, -0.1) is 0 Å². The van der Waals surface area contributed by atoms with Gasteiger partial charge < -0.3 is 14.7 Å². The van der Waals surface area contributed by atoms with Crippen LogP contribution in [-0.2, 0) is 0 Å². The smallest absolute Gasteiger partial charge is 0.273 e. The first-order valence-corrected chi connectivity index (χ1v) is 9.05. The monoisotopic (exact) mass is 383 g/mol. The van der Waals surface area contributed by atoms with Crippen molar-refractivity contribution in [1.82, 2.24) is 15.4 Å². The predicted molar refractivity (Wildman–Crippen MR) is 107 cm³/mol. The Morgan fingerprint density at radius 3 is 2.44 bits per heavy atom. The van der Waals surface area contributed by atoms with Crippen molar-refractivity contribution in [3.8, 4) is 11.3 Å². The minimum absolute atomic E-state index is 0.0668. The maximum absolute atomic E-state index is 12.5. The molecule has 0 aliphatic heterocycles. The van der Waals surface area contributed by atoms with E-state index in [1.54, 1.807) is 18.2 Å². The standard InChI is InChI=1S/C21H22ClN3O2/c1-14-4-6-15(7-5-14)19(25(2)3)13-23-21(26)18-12-20(27-24-18)16-8-10-17(22)11-9-16/h4-12,19H,13H2,1-3H3,(H,23,26). The second-order valence-corrected chi connectivity index (χ2v) is 7.12. The lowest BCUT2D eigenvalue weighted by molar-refractivity contribution is 0.0933. The van der Waals surface area contributed by atoms with E-state index in [4.69, 9.17) is 16.1 Å². The zero-order chi connectivity index (χ0) is 19.4. The van der Waals surface area contributed by atoms with Crippen molar-refractivity contribution >= 4 is 17.5 Å². The number of hydrogen-bond donors (Lipinski definition) is 1. The highest BCUT2D eigenvalue weighted by atomic mass is 35.5. The maximum atomic E-state index is 12.5. The van der Waals surface area contributed by atoms with Crippen LogP contribution in [0.1, 0.15) is 27.7 Å². The molecule has 0 radical (unpaired) electrons. The summed E-state index contributed by atoms with van der Waals surface area (Å²) in [6.07, 6.45) is 0. The van der Waals surface area contributed by atoms with Gasteiger partial charge >= 0.3 is 0 Å². The number of hydrogen-bond acceptors (Lipinski definition) is 4. The summed E-state index contributed by atoms with van der Waals surface area (Å²) in [6, 6.07) is 17.2. The van der Waals surface area contributed by atoms with Gasteiger partial charge in [0.15, 0.2) is 11.5 Å². The fourth-order valence-corrected chi connectivity index (χ4v) is 2.93. The Bertz CT molecular complexity index is 902. The van der Waals surface area contributed by atoms with E-state index in [1.807, 2.05) is 26.2 Å². The molecule has 27 heavy (non-hydrogen) atoms. The minimum atomic E-state index is -0.266. The Hall–Kier alpha value is -2.63. The number of aromatic nitrogens is 1. The number of benzene rings is 2. The first kappa shape index (κ1) is 19.1. The Morgan fingerprint density at radius 2 is 1.81 bits per heavy atom. The molecule has 0 aliphatic rings. The fraction of sp³-hybridized carbons (Fsp3) is 0.238. The van der Waals surface area contributed by atoms with Crippen LogP contribution in [0.25, 0.3) is 11.3 Å². The Balaban J connectivity index is 1.67. The molecule has 0 saturated carbocycles. The van der Waals surface area contributed by atoms with Crippen molar-refractivity contribution in [1.29, 1.82) is 0 Å². The number of amides is 1. The van der Waals surface area contributed by atoms with Gasteiger partial charge in [0.2, 0.25) is 0 Å². The van der Waals surface area contributed by atoms with Crippen LogP contribution in [0.15, 0.2) is 59.1 Å². The molecule has 3 aromatic rings. The van der Waals surface area contributed by atoms with Crippen molar-refractivity contribution in [2.24, 2.45) is 0 Å². The lowest BCUT2D eigenvalue weighted by atomic mass is 10.0. The van der Waals surface area contributed by atoms with E-state index in [0.29, 0.717) is 17.3 Å². The normalized spacial score (nSPS) is 12.2. The summed E-state index contributed by atoms with van der Waals surface area (Å²) in [7, 11) is 3.98. The van der Waals surface area contributed by atoms with Crippen LogP contribution in [0.4, 0.5) is 0 Å². The number of halogens is 1. The van der Waals surface area contributed by atoms with Crippen LogP contribution < -0.4 is 5.32 Å². The number of likely N-dealkylation sites (N-methyl/N-ethyl adjacent to an activating group) is 1. The van der Waals surface area contributed by atoms with Crippen LogP contribution >= 0.6 is 11.6 Å². The molecule has 6 heteroatoms. The van der Waals surface area contributed by atoms with Gasteiger partial charge in [0.1, 0.15) is 0 Å². The van der Waals surface area contributed by atoms with E-state index < -0.39 is 0 Å². The van der Waals surface area contributed by atoms with Crippen molar-refractivity contribution in [2.75, 3.05) is 20.6 Å². The molecule has 1 amide bonds. The summed E-state index contributed by atoms with van der Waals surface area (Å²) < 4.78 is 5.30. The van der Waals surface area contributed by atoms with Gasteiger partial charge in [0.25, 0.3) is 5.91 Å². The number of carbonyl (C=O) groups excluding carboxylic acids is 1. The molecule has 140 valence electrons. The number of nitrogens with one attached hydrogen (secondary N) is 1. The largest absolute Gasteiger partial charge is 0.355 e. The maximum Gasteiger partial charge on any atom is 0.273 e. The SMILES string of the molecule is Cc1ccc(C(CNC(=O)c2cc(-c3ccc(Cl)cc3)on2)N(C)C)cc1. The second-order valence-electron chi connectivity index (χ2n) is 6.68. The van der Waals surface area contributed by atoms with Crippen LogP contribution in [-0.4, -0.2) is 36.6 Å². The highest BCUT2D eigenvalue weighted by molar-refractivity contribution is 6.30. The third kappa shape index (κ3) is 4.76. The molecule has 0 bridgehead atoms. The molecule has 1 atom stereocenters. The summed E-state index contributed by atoms with van der Waals surface area (Å²) in [5.41, 5.74) is 3.42. The van der Waals surface area contributed by atoms with Crippen LogP contribution in [0.5, 0.6) is 0 Å². The summed E-state index contributed by atoms with van der Waals surface area (Å²) in [5, 5.41) is 7.47. The summed E-state index contributed by atoms with van der Waals surface area (Å²) in [6.45, 7) is 2.52. The molecule has 3 rings (SSSR count). The summed E-state index contributed by atoms with van der Waals surface area (Å²) >= 11 is 5.90.